The van der Waals surface area contributed by atoms with Crippen LogP contribution < -0.4 is 4.72 Å². The molecule has 1 aliphatic rings. The van der Waals surface area contributed by atoms with Crippen LogP contribution in [0.5, 0.6) is 0 Å². The molecule has 1 aromatic heterocycles. The zero-order chi connectivity index (χ0) is 14.8. The molecule has 7 heteroatoms. The van der Waals surface area contributed by atoms with E-state index >= 15 is 0 Å². The molecule has 2 heterocycles. The van der Waals surface area contributed by atoms with Crippen molar-refractivity contribution in [2.75, 3.05) is 6.61 Å². The highest BCUT2D eigenvalue weighted by Gasteiger charge is 2.36. The Labute approximate surface area is 120 Å². The molecule has 0 aromatic carbocycles. The number of ether oxygens (including phenoxy) is 1. The predicted molar refractivity (Wildman–Crippen MR) is 75.9 cm³/mol. The summed E-state index contributed by atoms with van der Waals surface area (Å²) in [5.41, 5.74) is -0.199. The van der Waals surface area contributed by atoms with E-state index in [0.29, 0.717) is 25.3 Å². The number of H-pyrrole nitrogens is 1. The highest BCUT2D eigenvalue weighted by molar-refractivity contribution is 7.89. The van der Waals surface area contributed by atoms with E-state index in [1.165, 1.54) is 6.20 Å². The molecular formula is C13H23N3O3S. The molecule has 1 aliphatic heterocycles. The monoisotopic (exact) mass is 301 g/mol. The van der Waals surface area contributed by atoms with Gasteiger partial charge in [0.1, 0.15) is 5.82 Å². The number of hydrogen-bond acceptors (Lipinski definition) is 4. The Morgan fingerprint density at radius 1 is 1.50 bits per heavy atom. The van der Waals surface area contributed by atoms with Crippen LogP contribution >= 0.6 is 0 Å². The largest absolute Gasteiger partial charge is 0.375 e. The quantitative estimate of drug-likeness (QED) is 0.867. The fourth-order valence-electron chi connectivity index (χ4n) is 2.69. The zero-order valence-corrected chi connectivity index (χ0v) is 13.1. The van der Waals surface area contributed by atoms with Crippen LogP contribution in [0.4, 0.5) is 0 Å². The van der Waals surface area contributed by atoms with Gasteiger partial charge in [-0.15, -0.1) is 0 Å². The lowest BCUT2D eigenvalue weighted by Gasteiger charge is -2.40. The van der Waals surface area contributed by atoms with Crippen LogP contribution in [0, 0.1) is 6.92 Å². The van der Waals surface area contributed by atoms with Gasteiger partial charge < -0.3 is 9.72 Å². The minimum Gasteiger partial charge on any atom is -0.375 e. The van der Waals surface area contributed by atoms with E-state index in [2.05, 4.69) is 28.5 Å². The summed E-state index contributed by atoms with van der Waals surface area (Å²) in [6.07, 6.45) is 4.56. The molecule has 2 rings (SSSR count). The van der Waals surface area contributed by atoms with Gasteiger partial charge in [0, 0.05) is 12.6 Å². The summed E-state index contributed by atoms with van der Waals surface area (Å²) in [7, 11) is -3.53. The Balaban J connectivity index is 2.09. The molecule has 0 spiro atoms. The van der Waals surface area contributed by atoms with Gasteiger partial charge in [0.05, 0.1) is 11.8 Å². The summed E-state index contributed by atoms with van der Waals surface area (Å²) in [4.78, 5) is 6.70. The molecule has 2 N–H and O–H groups in total. The normalized spacial score (nSPS) is 22.9. The van der Waals surface area contributed by atoms with E-state index in [1.807, 2.05) is 0 Å². The second kappa shape index (κ2) is 5.83. The van der Waals surface area contributed by atoms with Crippen molar-refractivity contribution in [3.8, 4) is 0 Å². The summed E-state index contributed by atoms with van der Waals surface area (Å²) in [5, 5.41) is 0.125. The molecule has 0 radical (unpaired) electrons. The van der Waals surface area contributed by atoms with Crippen molar-refractivity contribution in [2.45, 2.75) is 63.1 Å². The van der Waals surface area contributed by atoms with E-state index in [-0.39, 0.29) is 16.7 Å². The lowest BCUT2D eigenvalue weighted by Crippen LogP contribution is -2.48. The van der Waals surface area contributed by atoms with Gasteiger partial charge >= 0.3 is 0 Å². The lowest BCUT2D eigenvalue weighted by atomic mass is 9.86. The number of nitrogens with zero attached hydrogens (tertiary/aromatic N) is 1. The van der Waals surface area contributed by atoms with E-state index < -0.39 is 10.0 Å². The maximum atomic E-state index is 12.3. The molecule has 1 unspecified atom stereocenters. The van der Waals surface area contributed by atoms with Crippen molar-refractivity contribution in [1.29, 1.82) is 0 Å². The average Bonchev–Trinajstić information content (AvgIpc) is 2.86. The number of imidazole rings is 1. The molecule has 1 saturated heterocycles. The molecule has 0 bridgehead atoms. The first-order chi connectivity index (χ1) is 9.41. The first-order valence-electron chi connectivity index (χ1n) is 7.08. The van der Waals surface area contributed by atoms with E-state index in [0.717, 1.165) is 12.8 Å². The van der Waals surface area contributed by atoms with Gasteiger partial charge in [-0.1, -0.05) is 13.8 Å². The van der Waals surface area contributed by atoms with Gasteiger partial charge in [-0.2, -0.15) is 0 Å². The lowest BCUT2D eigenvalue weighted by molar-refractivity contribution is -0.0905. The molecule has 20 heavy (non-hydrogen) atoms. The van der Waals surface area contributed by atoms with Crippen LogP contribution in [0.2, 0.25) is 0 Å². The van der Waals surface area contributed by atoms with Crippen molar-refractivity contribution in [2.24, 2.45) is 0 Å². The summed E-state index contributed by atoms with van der Waals surface area (Å²) in [5.74, 6) is 0.591. The Morgan fingerprint density at radius 3 is 2.75 bits per heavy atom. The maximum Gasteiger partial charge on any atom is 0.257 e. The Hall–Kier alpha value is -0.920. The number of aryl methyl sites for hydroxylation is 1. The molecule has 0 saturated carbocycles. The van der Waals surface area contributed by atoms with Crippen molar-refractivity contribution in [1.82, 2.24) is 14.7 Å². The minimum atomic E-state index is -3.53. The van der Waals surface area contributed by atoms with Crippen molar-refractivity contribution in [3.05, 3.63) is 12.0 Å². The predicted octanol–water partition coefficient (Wildman–Crippen LogP) is 1.73. The Morgan fingerprint density at radius 2 is 2.20 bits per heavy atom. The summed E-state index contributed by atoms with van der Waals surface area (Å²) >= 11 is 0. The smallest absolute Gasteiger partial charge is 0.257 e. The van der Waals surface area contributed by atoms with Crippen LogP contribution in [0.1, 0.15) is 45.4 Å². The number of aromatic nitrogens is 2. The first kappa shape index (κ1) is 15.5. The van der Waals surface area contributed by atoms with Gasteiger partial charge in [-0.3, -0.25) is 0 Å². The molecule has 1 atom stereocenters. The molecular weight excluding hydrogens is 278 g/mol. The molecule has 0 aliphatic carbocycles. The van der Waals surface area contributed by atoms with Gasteiger partial charge in [0.25, 0.3) is 10.0 Å². The van der Waals surface area contributed by atoms with E-state index in [4.69, 9.17) is 4.74 Å². The standard InChI is InChI=1S/C13H23N3O3S/c1-4-13(5-2)8-11(6-7-19-13)16-20(17,18)12-9-14-10(3)15-12/h9,11,16H,4-8H2,1-3H3,(H,14,15). The summed E-state index contributed by atoms with van der Waals surface area (Å²) < 4.78 is 33.2. The maximum absolute atomic E-state index is 12.3. The van der Waals surface area contributed by atoms with Crippen molar-refractivity contribution >= 4 is 10.0 Å². The molecule has 1 aromatic rings. The van der Waals surface area contributed by atoms with Gasteiger partial charge in [0.15, 0.2) is 5.03 Å². The van der Waals surface area contributed by atoms with Crippen molar-refractivity contribution < 1.29 is 13.2 Å². The topological polar surface area (TPSA) is 84.1 Å². The van der Waals surface area contributed by atoms with Gasteiger partial charge in [0.2, 0.25) is 0 Å². The third-order valence-electron chi connectivity index (χ3n) is 4.07. The van der Waals surface area contributed by atoms with Crippen molar-refractivity contribution in [3.63, 3.8) is 0 Å². The van der Waals surface area contributed by atoms with Crippen LogP contribution in [-0.4, -0.2) is 36.6 Å². The number of aromatic amines is 1. The fraction of sp³-hybridized carbons (Fsp3) is 0.769. The number of sulfonamides is 1. The third kappa shape index (κ3) is 3.21. The second-order valence-electron chi connectivity index (χ2n) is 5.38. The van der Waals surface area contributed by atoms with Crippen LogP contribution in [0.15, 0.2) is 11.2 Å². The second-order valence-corrected chi connectivity index (χ2v) is 7.06. The number of nitrogens with one attached hydrogen (secondary N) is 2. The zero-order valence-electron chi connectivity index (χ0n) is 12.3. The summed E-state index contributed by atoms with van der Waals surface area (Å²) in [6.45, 7) is 6.49. The van der Waals surface area contributed by atoms with Crippen LogP contribution in [0.25, 0.3) is 0 Å². The molecule has 114 valence electrons. The van der Waals surface area contributed by atoms with E-state index in [9.17, 15) is 8.42 Å². The molecule has 6 nitrogen and oxygen atoms in total. The average molecular weight is 301 g/mol. The van der Waals surface area contributed by atoms with Crippen LogP contribution in [-0.2, 0) is 14.8 Å². The SMILES string of the molecule is CCC1(CC)CC(NS(=O)(=O)c2cnc(C)[nH]2)CCO1. The van der Waals surface area contributed by atoms with E-state index in [1.54, 1.807) is 6.92 Å². The Kier molecular flexibility index (Phi) is 4.51. The highest BCUT2D eigenvalue weighted by Crippen LogP contribution is 2.31. The fourth-order valence-corrected chi connectivity index (χ4v) is 3.93. The molecule has 1 fully saturated rings. The number of hydrogen-bond donors (Lipinski definition) is 2. The third-order valence-corrected chi connectivity index (χ3v) is 5.50. The first-order valence-corrected chi connectivity index (χ1v) is 8.57. The highest BCUT2D eigenvalue weighted by atomic mass is 32.2. The van der Waals surface area contributed by atoms with Gasteiger partial charge in [-0.05, 0) is 32.6 Å². The number of rotatable bonds is 5. The summed E-state index contributed by atoms with van der Waals surface area (Å²) in [6, 6.07) is -0.0859. The minimum absolute atomic E-state index is 0.0859. The molecule has 0 amide bonds. The Bertz CT molecular complexity index is 549. The van der Waals surface area contributed by atoms with Crippen LogP contribution in [0.3, 0.4) is 0 Å². The van der Waals surface area contributed by atoms with Gasteiger partial charge in [-0.25, -0.2) is 18.1 Å².